The average molecular weight is 778 g/mol. The van der Waals surface area contributed by atoms with Gasteiger partial charge in [0.2, 0.25) is 0 Å². The van der Waals surface area contributed by atoms with Crippen molar-refractivity contribution in [3.8, 4) is 51.0 Å². The van der Waals surface area contributed by atoms with Gasteiger partial charge < -0.3 is 23.8 Å². The summed E-state index contributed by atoms with van der Waals surface area (Å²) in [5.41, 5.74) is 10.4. The van der Waals surface area contributed by atoms with Gasteiger partial charge in [0.05, 0.1) is 38.8 Å². The fourth-order valence-corrected chi connectivity index (χ4v) is 9.77. The van der Waals surface area contributed by atoms with Crippen molar-refractivity contribution in [1.82, 2.24) is 9.97 Å². The third kappa shape index (κ3) is 5.82. The number of benzene rings is 6. The Kier molecular flexibility index (Phi) is 9.21. The second-order valence-corrected chi connectivity index (χ2v) is 15.6. The Hall–Kier alpha value is -6.44. The lowest BCUT2D eigenvalue weighted by Gasteiger charge is -2.39. The van der Waals surface area contributed by atoms with Crippen LogP contribution in [0, 0.1) is 0 Å². The van der Waals surface area contributed by atoms with Gasteiger partial charge in [0, 0.05) is 51.8 Å². The van der Waals surface area contributed by atoms with Gasteiger partial charge in [0.15, 0.2) is 22.9 Å². The van der Waals surface area contributed by atoms with Crippen LogP contribution in [0.1, 0.15) is 54.6 Å². The van der Waals surface area contributed by atoms with E-state index in [-0.39, 0.29) is 5.41 Å². The molecule has 3 aliphatic rings. The summed E-state index contributed by atoms with van der Waals surface area (Å²) in [6, 6.07) is 44.6. The second kappa shape index (κ2) is 14.7. The lowest BCUT2D eigenvalue weighted by molar-refractivity contribution is 0.122. The van der Waals surface area contributed by atoms with Crippen LogP contribution in [0.25, 0.3) is 50.6 Å². The molecule has 1 aromatic heterocycles. The molecule has 0 radical (unpaired) electrons. The second-order valence-electron chi connectivity index (χ2n) is 15.6. The molecular formula is C52H47N3O4. The summed E-state index contributed by atoms with van der Waals surface area (Å²) in [6.07, 6.45) is 6.42. The fraction of sp³-hybridized carbons (Fsp3) is 0.231. The van der Waals surface area contributed by atoms with E-state index in [0.29, 0.717) is 30.5 Å². The highest BCUT2D eigenvalue weighted by Gasteiger charge is 2.47. The molecule has 59 heavy (non-hydrogen) atoms. The first-order valence-corrected chi connectivity index (χ1v) is 20.7. The van der Waals surface area contributed by atoms with Crippen LogP contribution in [-0.2, 0) is 15.8 Å². The molecule has 7 nitrogen and oxygen atoms in total. The first-order chi connectivity index (χ1) is 29.0. The number of rotatable bonds is 9. The smallest absolute Gasteiger partial charge is 0.194 e. The predicted molar refractivity (Wildman–Crippen MR) is 237 cm³/mol. The molecule has 3 heterocycles. The van der Waals surface area contributed by atoms with Gasteiger partial charge in [-0.25, -0.2) is 9.97 Å². The number of hydrogen-bond acceptors (Lipinski definition) is 7. The maximum absolute atomic E-state index is 7.84. The Labute approximate surface area is 345 Å². The topological polar surface area (TPSA) is 65.9 Å². The van der Waals surface area contributed by atoms with Crippen molar-refractivity contribution in [2.45, 2.75) is 37.7 Å². The third-order valence-electron chi connectivity index (χ3n) is 12.8. The van der Waals surface area contributed by atoms with Crippen molar-refractivity contribution in [1.29, 1.82) is 0 Å². The van der Waals surface area contributed by atoms with Crippen LogP contribution >= 0.6 is 0 Å². The Morgan fingerprint density at radius 1 is 0.695 bits per heavy atom. The lowest BCUT2D eigenvalue weighted by atomic mass is 9.71. The molecule has 2 aliphatic heterocycles. The molecule has 0 amide bonds. The zero-order valence-electron chi connectivity index (χ0n) is 34.0. The van der Waals surface area contributed by atoms with E-state index in [1.807, 2.05) is 36.4 Å². The van der Waals surface area contributed by atoms with E-state index in [9.17, 15) is 0 Å². The maximum atomic E-state index is 7.84. The van der Waals surface area contributed by atoms with E-state index in [1.54, 1.807) is 14.2 Å². The molecule has 0 N–H and O–H groups in total. The first kappa shape index (κ1) is 36.9. The molecule has 1 fully saturated rings. The van der Waals surface area contributed by atoms with Crippen LogP contribution in [-0.4, -0.2) is 50.5 Å². The Balaban J connectivity index is 1.28. The van der Waals surface area contributed by atoms with Crippen molar-refractivity contribution in [2.75, 3.05) is 45.4 Å². The highest BCUT2D eigenvalue weighted by atomic mass is 16.5. The molecule has 1 atom stereocenters. The summed E-state index contributed by atoms with van der Waals surface area (Å²) in [4.78, 5) is 13.0. The van der Waals surface area contributed by atoms with Crippen LogP contribution in [0.3, 0.4) is 0 Å². The van der Waals surface area contributed by atoms with E-state index in [1.165, 1.54) is 22.3 Å². The minimum Gasteiger partial charge on any atom is -0.493 e. The van der Waals surface area contributed by atoms with E-state index in [0.717, 1.165) is 81.8 Å². The maximum Gasteiger partial charge on any atom is 0.194 e. The quantitative estimate of drug-likeness (QED) is 0.145. The molecule has 294 valence electrons. The highest BCUT2D eigenvalue weighted by Crippen LogP contribution is 2.61. The summed E-state index contributed by atoms with van der Waals surface area (Å²) in [5.74, 6) is 2.74. The molecule has 0 bridgehead atoms. The molecule has 7 aromatic rings. The van der Waals surface area contributed by atoms with E-state index in [2.05, 4.69) is 122 Å². The summed E-state index contributed by atoms with van der Waals surface area (Å²) in [7, 11) is 3.39. The van der Waals surface area contributed by atoms with Crippen molar-refractivity contribution in [3.63, 3.8) is 0 Å². The van der Waals surface area contributed by atoms with Gasteiger partial charge in [-0.3, -0.25) is 0 Å². The van der Waals surface area contributed by atoms with E-state index >= 15 is 0 Å². The minimum absolute atomic E-state index is 0.221. The molecule has 0 spiro atoms. The Morgan fingerprint density at radius 3 is 2.02 bits per heavy atom. The van der Waals surface area contributed by atoms with Crippen LogP contribution in [0.15, 0.2) is 133 Å². The number of anilines is 1. The summed E-state index contributed by atoms with van der Waals surface area (Å²) in [5, 5.41) is 2.02. The van der Waals surface area contributed by atoms with Crippen molar-refractivity contribution in [2.24, 2.45) is 0 Å². The minimum atomic E-state index is -1.15. The van der Waals surface area contributed by atoms with Crippen LogP contribution in [0.4, 0.5) is 5.69 Å². The number of ether oxygens (including phenoxy) is 4. The zero-order chi connectivity index (χ0) is 40.1. The van der Waals surface area contributed by atoms with E-state index < -0.39 is 5.60 Å². The van der Waals surface area contributed by atoms with Crippen molar-refractivity contribution in [3.05, 3.63) is 161 Å². The predicted octanol–water partition coefficient (Wildman–Crippen LogP) is 11.3. The molecule has 0 saturated carbocycles. The standard InChI is InChI=1S/C52H47N3O4/c1-5-51(6-2)42-20-14-13-19-38(42)47-40-31-44(56-3)45(57-4)32-41(40)49-39(48(47)51)25-26-52(59-49,36-21-23-37(24-22-36)55-27-29-58-30-28-55)46-33-43(34-15-9-7-10-16-34)53-50(54-46)35-17-11-8-12-18-35/h7-26,31-33H,5-6,27-30H2,1-4H3. The molecular weight excluding hydrogens is 731 g/mol. The van der Waals surface area contributed by atoms with Gasteiger partial charge in [0.25, 0.3) is 0 Å². The van der Waals surface area contributed by atoms with Crippen LogP contribution in [0.2, 0.25) is 0 Å². The van der Waals surface area contributed by atoms with Gasteiger partial charge >= 0.3 is 0 Å². The first-order valence-electron chi connectivity index (χ1n) is 20.7. The number of nitrogens with zero attached hydrogens (tertiary/aromatic N) is 3. The summed E-state index contributed by atoms with van der Waals surface area (Å²) in [6.45, 7) is 7.75. The van der Waals surface area contributed by atoms with Crippen LogP contribution in [0.5, 0.6) is 17.2 Å². The van der Waals surface area contributed by atoms with Crippen molar-refractivity contribution >= 4 is 22.5 Å². The number of methoxy groups -OCH3 is 2. The molecule has 1 saturated heterocycles. The largest absolute Gasteiger partial charge is 0.493 e. The Morgan fingerprint density at radius 2 is 1.34 bits per heavy atom. The fourth-order valence-electron chi connectivity index (χ4n) is 9.77. The summed E-state index contributed by atoms with van der Waals surface area (Å²) >= 11 is 0. The molecule has 1 aliphatic carbocycles. The van der Waals surface area contributed by atoms with Gasteiger partial charge in [-0.1, -0.05) is 117 Å². The monoisotopic (exact) mass is 777 g/mol. The lowest BCUT2D eigenvalue weighted by Crippen LogP contribution is -2.37. The van der Waals surface area contributed by atoms with Crippen LogP contribution < -0.4 is 19.1 Å². The van der Waals surface area contributed by atoms with Gasteiger partial charge in [-0.15, -0.1) is 0 Å². The molecule has 10 rings (SSSR count). The molecule has 1 unspecified atom stereocenters. The van der Waals surface area contributed by atoms with Gasteiger partial charge in [-0.2, -0.15) is 0 Å². The normalized spacial score (nSPS) is 17.5. The highest BCUT2D eigenvalue weighted by molar-refractivity contribution is 6.09. The SMILES string of the molecule is CCC1(CC)c2ccccc2-c2c1c1c(c3cc(OC)c(OC)cc23)OC(c2ccc(N3CCOCC3)cc2)(c2cc(-c3ccccc3)nc(-c3ccccc3)n2)C=C1. The number of fused-ring (bicyclic) bond motifs is 8. The number of morpholine rings is 1. The average Bonchev–Trinajstić information content (AvgIpc) is 3.62. The third-order valence-corrected chi connectivity index (χ3v) is 12.8. The number of aromatic nitrogens is 2. The Bertz CT molecular complexity index is 2660. The summed E-state index contributed by atoms with van der Waals surface area (Å²) < 4.78 is 25.5. The zero-order valence-corrected chi connectivity index (χ0v) is 34.0. The van der Waals surface area contributed by atoms with E-state index in [4.69, 9.17) is 28.9 Å². The molecule has 7 heteroatoms. The van der Waals surface area contributed by atoms with Crippen molar-refractivity contribution < 1.29 is 18.9 Å². The van der Waals surface area contributed by atoms with Gasteiger partial charge in [0.1, 0.15) is 5.75 Å². The number of hydrogen-bond donors (Lipinski definition) is 0. The molecule has 6 aromatic carbocycles. The van der Waals surface area contributed by atoms with Gasteiger partial charge in [-0.05, 0) is 76.9 Å².